The Morgan fingerprint density at radius 2 is 1.71 bits per heavy atom. The number of rotatable bonds is 12. The van der Waals surface area contributed by atoms with Gasteiger partial charge in [-0.15, -0.1) is 10.2 Å². The van der Waals surface area contributed by atoms with E-state index in [1.165, 1.54) is 25.1 Å². The molecule has 0 saturated carbocycles. The quantitative estimate of drug-likeness (QED) is 0.341. The van der Waals surface area contributed by atoms with E-state index >= 15 is 0 Å². The number of aromatic nitrogens is 7. The van der Waals surface area contributed by atoms with Crippen molar-refractivity contribution in [3.63, 3.8) is 0 Å². The average molecular weight is 507 g/mol. The van der Waals surface area contributed by atoms with Crippen molar-refractivity contribution in [1.29, 1.82) is 0 Å². The fourth-order valence-electron chi connectivity index (χ4n) is 3.38. The third-order valence-corrected chi connectivity index (χ3v) is 7.45. The first kappa shape index (κ1) is 26.2. The molecule has 3 rings (SSSR count). The fraction of sp³-hybridized carbons (Fsp3) is 0.524. The third kappa shape index (κ3) is 5.82. The minimum Gasteiger partial charge on any atom is -0.479 e. The molecule has 3 aromatic heterocycles. The molecule has 0 amide bonds. The van der Waals surface area contributed by atoms with E-state index in [2.05, 4.69) is 34.9 Å². The Hall–Kier alpha value is -3.39. The Balaban J connectivity index is 2.03. The number of aryl methyl sites for hydroxylation is 2. The summed E-state index contributed by atoms with van der Waals surface area (Å²) in [6.45, 7) is 5.19. The predicted molar refractivity (Wildman–Crippen MR) is 127 cm³/mol. The highest BCUT2D eigenvalue weighted by Crippen LogP contribution is 2.33. The lowest BCUT2D eigenvalue weighted by Crippen LogP contribution is -2.31. The van der Waals surface area contributed by atoms with Crippen molar-refractivity contribution in [2.45, 2.75) is 51.2 Å². The van der Waals surface area contributed by atoms with Crippen molar-refractivity contribution in [2.75, 3.05) is 25.5 Å². The maximum Gasteiger partial charge on any atom is 0.245 e. The molecule has 0 aliphatic rings. The lowest BCUT2D eigenvalue weighted by molar-refractivity contribution is 0.284. The summed E-state index contributed by atoms with van der Waals surface area (Å²) < 4.78 is 41.6. The van der Waals surface area contributed by atoms with E-state index in [1.807, 2.05) is 6.92 Å². The Bertz CT molecular complexity index is 1210. The van der Waals surface area contributed by atoms with Crippen molar-refractivity contribution in [2.24, 2.45) is 0 Å². The van der Waals surface area contributed by atoms with Crippen molar-refractivity contribution in [1.82, 2.24) is 34.7 Å². The van der Waals surface area contributed by atoms with Gasteiger partial charge < -0.3 is 14.6 Å². The highest BCUT2D eigenvalue weighted by Gasteiger charge is 2.32. The lowest BCUT2D eigenvalue weighted by Gasteiger charge is -2.21. The smallest absolute Gasteiger partial charge is 0.245 e. The van der Waals surface area contributed by atoms with Crippen molar-refractivity contribution in [3.8, 4) is 17.4 Å². The van der Waals surface area contributed by atoms with Gasteiger partial charge in [0.15, 0.2) is 5.69 Å². The summed E-state index contributed by atoms with van der Waals surface area (Å²) in [5.74, 6) is 0.205. The second-order valence-corrected chi connectivity index (χ2v) is 9.96. The SMILES string of the molecule is COc1ncnc(OC)c1-n1c(CCCCO)nnc1NS(=O)(=O)C(C)C(C)c1cnc(C)cn1. The molecular weight excluding hydrogens is 476 g/mol. The number of hydrogen-bond donors (Lipinski definition) is 2. The number of sulfonamides is 1. The molecule has 2 atom stereocenters. The van der Waals surface area contributed by atoms with Crippen LogP contribution >= 0.6 is 0 Å². The summed E-state index contributed by atoms with van der Waals surface area (Å²) in [4.78, 5) is 16.8. The maximum absolute atomic E-state index is 13.4. The van der Waals surface area contributed by atoms with E-state index in [4.69, 9.17) is 9.47 Å². The normalized spacial score (nSPS) is 13.3. The van der Waals surface area contributed by atoms with Crippen LogP contribution in [-0.2, 0) is 16.4 Å². The van der Waals surface area contributed by atoms with Crippen LogP contribution in [0.4, 0.5) is 5.95 Å². The number of anilines is 1. The number of hydrogen-bond acceptors (Lipinski definition) is 11. The number of nitrogens with one attached hydrogen (secondary N) is 1. The largest absolute Gasteiger partial charge is 0.479 e. The zero-order chi connectivity index (χ0) is 25.6. The minimum atomic E-state index is -3.96. The van der Waals surface area contributed by atoms with Gasteiger partial charge in [-0.2, -0.15) is 9.97 Å². The van der Waals surface area contributed by atoms with Gasteiger partial charge >= 0.3 is 0 Å². The molecular formula is C21H30N8O5S. The number of aliphatic hydroxyl groups excluding tert-OH is 1. The number of unbranched alkanes of at least 4 members (excludes halogenated alkanes) is 1. The molecule has 13 nitrogen and oxygen atoms in total. The van der Waals surface area contributed by atoms with Gasteiger partial charge in [0.2, 0.25) is 27.7 Å². The maximum atomic E-state index is 13.4. The molecule has 0 saturated heterocycles. The van der Waals surface area contributed by atoms with Gasteiger partial charge in [0.1, 0.15) is 12.2 Å². The van der Waals surface area contributed by atoms with Gasteiger partial charge in [-0.05, 0) is 26.7 Å². The Kier molecular flexibility index (Phi) is 8.51. The van der Waals surface area contributed by atoms with Gasteiger partial charge in [-0.3, -0.25) is 19.3 Å². The number of methoxy groups -OCH3 is 2. The molecule has 2 unspecified atom stereocenters. The summed E-state index contributed by atoms with van der Waals surface area (Å²) in [7, 11) is -1.10. The molecule has 0 aliphatic carbocycles. The Morgan fingerprint density at radius 3 is 2.29 bits per heavy atom. The first-order valence-electron chi connectivity index (χ1n) is 11.0. The molecule has 0 spiro atoms. The van der Waals surface area contributed by atoms with Gasteiger partial charge in [-0.25, -0.2) is 8.42 Å². The molecule has 0 aliphatic heterocycles. The third-order valence-electron chi connectivity index (χ3n) is 5.60. The molecule has 3 aromatic rings. The Morgan fingerprint density at radius 1 is 1.03 bits per heavy atom. The van der Waals surface area contributed by atoms with Crippen LogP contribution in [0.5, 0.6) is 11.8 Å². The van der Waals surface area contributed by atoms with Crippen LogP contribution < -0.4 is 14.2 Å². The first-order valence-corrected chi connectivity index (χ1v) is 12.6. The van der Waals surface area contributed by atoms with Crippen LogP contribution in [0.1, 0.15) is 49.8 Å². The molecule has 2 N–H and O–H groups in total. The molecule has 14 heteroatoms. The average Bonchev–Trinajstić information content (AvgIpc) is 3.24. The van der Waals surface area contributed by atoms with Crippen molar-refractivity contribution in [3.05, 3.63) is 35.9 Å². The second kappa shape index (κ2) is 11.4. The molecule has 0 radical (unpaired) electrons. The van der Waals surface area contributed by atoms with Crippen LogP contribution in [0.25, 0.3) is 5.69 Å². The van der Waals surface area contributed by atoms with Crippen LogP contribution in [0.2, 0.25) is 0 Å². The van der Waals surface area contributed by atoms with Crippen LogP contribution in [0.15, 0.2) is 18.7 Å². The van der Waals surface area contributed by atoms with Crippen LogP contribution in [0.3, 0.4) is 0 Å². The molecule has 190 valence electrons. The Labute approximate surface area is 204 Å². The monoisotopic (exact) mass is 506 g/mol. The molecule has 35 heavy (non-hydrogen) atoms. The van der Waals surface area contributed by atoms with E-state index in [0.29, 0.717) is 30.8 Å². The van der Waals surface area contributed by atoms with Crippen molar-refractivity contribution < 1.29 is 23.0 Å². The van der Waals surface area contributed by atoms with E-state index in [0.717, 1.165) is 5.69 Å². The topological polar surface area (TPSA) is 167 Å². The van der Waals surface area contributed by atoms with E-state index < -0.39 is 21.2 Å². The molecule has 0 aromatic carbocycles. The summed E-state index contributed by atoms with van der Waals surface area (Å²) in [6.07, 6.45) is 5.99. The number of aliphatic hydroxyl groups is 1. The van der Waals surface area contributed by atoms with Gasteiger partial charge in [0, 0.05) is 31.3 Å². The molecule has 0 fully saturated rings. The number of nitrogens with zero attached hydrogens (tertiary/aromatic N) is 7. The summed E-state index contributed by atoms with van der Waals surface area (Å²) in [5, 5.41) is 16.6. The van der Waals surface area contributed by atoms with Crippen molar-refractivity contribution >= 4 is 16.0 Å². The van der Waals surface area contributed by atoms with Gasteiger partial charge in [0.25, 0.3) is 0 Å². The van der Waals surface area contributed by atoms with Crippen LogP contribution in [-0.4, -0.2) is 74.3 Å². The standard InChI is InChI=1S/C21H30N8O5S/c1-13-10-23-16(11-22-13)14(2)15(3)35(31,32)28-21-27-26-17(8-6-7-9-30)29(21)18-19(33-4)24-12-25-20(18)34-5/h10-12,14-15,30H,6-9H2,1-5H3,(H,27,28). The predicted octanol–water partition coefficient (Wildman–Crippen LogP) is 1.42. The van der Waals surface area contributed by atoms with E-state index in [1.54, 1.807) is 26.2 Å². The highest BCUT2D eigenvalue weighted by atomic mass is 32.2. The second-order valence-electron chi connectivity index (χ2n) is 7.92. The summed E-state index contributed by atoms with van der Waals surface area (Å²) in [5.41, 5.74) is 1.55. The van der Waals surface area contributed by atoms with Gasteiger partial charge in [0.05, 0.1) is 30.9 Å². The van der Waals surface area contributed by atoms with Crippen LogP contribution in [0, 0.1) is 6.92 Å². The van der Waals surface area contributed by atoms with E-state index in [9.17, 15) is 13.5 Å². The summed E-state index contributed by atoms with van der Waals surface area (Å²) >= 11 is 0. The fourth-order valence-corrected chi connectivity index (χ4v) is 4.63. The lowest BCUT2D eigenvalue weighted by atomic mass is 10.1. The van der Waals surface area contributed by atoms with Gasteiger partial charge in [-0.1, -0.05) is 6.92 Å². The summed E-state index contributed by atoms with van der Waals surface area (Å²) in [6, 6.07) is 0. The zero-order valence-electron chi connectivity index (χ0n) is 20.3. The molecule has 0 bridgehead atoms. The minimum absolute atomic E-state index is 0.0199. The van der Waals surface area contributed by atoms with E-state index in [-0.39, 0.29) is 30.0 Å². The first-order chi connectivity index (χ1) is 16.7. The number of ether oxygens (including phenoxy) is 2. The zero-order valence-corrected chi connectivity index (χ0v) is 21.2. The molecule has 3 heterocycles. The highest BCUT2D eigenvalue weighted by molar-refractivity contribution is 7.93.